The van der Waals surface area contributed by atoms with Gasteiger partial charge >= 0.3 is 0 Å². The Morgan fingerprint density at radius 3 is 2.44 bits per heavy atom. The molecule has 1 N–H and O–H groups in total. The van der Waals surface area contributed by atoms with Crippen LogP contribution in [0.5, 0.6) is 5.75 Å². The van der Waals surface area contributed by atoms with E-state index in [1.807, 2.05) is 12.1 Å². The zero-order valence-electron chi connectivity index (χ0n) is 18.2. The number of hydrogen-bond acceptors (Lipinski definition) is 5. The van der Waals surface area contributed by atoms with Crippen LogP contribution in [0.2, 0.25) is 5.02 Å². The Kier molecular flexibility index (Phi) is 7.49. The average Bonchev–Trinajstić information content (AvgIpc) is 2.84. The molecule has 1 heterocycles. The number of anilines is 1. The third-order valence-corrected chi connectivity index (χ3v) is 6.53. The van der Waals surface area contributed by atoms with Crippen molar-refractivity contribution in [1.82, 2.24) is 4.90 Å². The molecule has 9 heteroatoms. The summed E-state index contributed by atoms with van der Waals surface area (Å²) >= 11 is 7.20. The first kappa shape index (κ1) is 23.8. The van der Waals surface area contributed by atoms with E-state index in [0.29, 0.717) is 33.9 Å². The lowest BCUT2D eigenvalue weighted by molar-refractivity contribution is -0.129. The monoisotopic (exact) mass is 497 g/mol. The van der Waals surface area contributed by atoms with Gasteiger partial charge in [0, 0.05) is 17.1 Å². The number of ether oxygens (including phenoxy) is 1. The van der Waals surface area contributed by atoms with Crippen LogP contribution in [0.1, 0.15) is 12.0 Å². The van der Waals surface area contributed by atoms with Crippen molar-refractivity contribution in [1.29, 1.82) is 0 Å². The first-order valence-electron chi connectivity index (χ1n) is 10.4. The minimum atomic E-state index is -0.684. The van der Waals surface area contributed by atoms with E-state index < -0.39 is 11.1 Å². The number of hydrogen-bond donors (Lipinski definition) is 1. The Labute approximate surface area is 205 Å². The van der Waals surface area contributed by atoms with Crippen LogP contribution < -0.4 is 10.1 Å². The van der Waals surface area contributed by atoms with Crippen molar-refractivity contribution in [3.8, 4) is 5.75 Å². The van der Waals surface area contributed by atoms with Crippen LogP contribution in [-0.2, 0) is 16.1 Å². The fourth-order valence-corrected chi connectivity index (χ4v) is 4.52. The van der Waals surface area contributed by atoms with Gasteiger partial charge in [0.1, 0.15) is 16.8 Å². The molecule has 3 aromatic carbocycles. The Morgan fingerprint density at radius 1 is 1.12 bits per heavy atom. The summed E-state index contributed by atoms with van der Waals surface area (Å²) in [6.07, 6.45) is 0.00686. The molecule has 0 aliphatic carbocycles. The molecule has 4 rings (SSSR count). The van der Waals surface area contributed by atoms with Crippen molar-refractivity contribution in [3.63, 3.8) is 0 Å². The molecule has 0 spiro atoms. The van der Waals surface area contributed by atoms with Gasteiger partial charge in [-0.3, -0.25) is 14.5 Å². The highest BCUT2D eigenvalue weighted by Gasteiger charge is 2.36. The minimum absolute atomic E-state index is 0.00686. The lowest BCUT2D eigenvalue weighted by Crippen LogP contribution is -2.44. The van der Waals surface area contributed by atoms with Crippen molar-refractivity contribution < 1.29 is 18.7 Å². The molecule has 1 fully saturated rings. The standard InChI is InChI=1S/C25H21ClFN3O3S/c1-33-21-12-10-20(11-13-21)29-25-30(15-16-2-4-17(26)5-3-16)23(31)14-22(34-25)24(32)28-19-8-6-18(27)7-9-19/h2-13,22H,14-15H2,1H3,(H,28,32). The summed E-state index contributed by atoms with van der Waals surface area (Å²) in [4.78, 5) is 32.3. The molecule has 1 atom stereocenters. The fourth-order valence-electron chi connectivity index (χ4n) is 3.29. The van der Waals surface area contributed by atoms with Crippen molar-refractivity contribution in [2.24, 2.45) is 4.99 Å². The first-order valence-corrected chi connectivity index (χ1v) is 11.7. The van der Waals surface area contributed by atoms with Gasteiger partial charge in [-0.25, -0.2) is 9.38 Å². The molecular weight excluding hydrogens is 477 g/mol. The predicted molar refractivity (Wildman–Crippen MR) is 133 cm³/mol. The van der Waals surface area contributed by atoms with Crippen molar-refractivity contribution in [2.45, 2.75) is 18.2 Å². The van der Waals surface area contributed by atoms with Gasteiger partial charge in [0.05, 0.1) is 19.3 Å². The van der Waals surface area contributed by atoms with Gasteiger partial charge in [-0.05, 0) is 66.2 Å². The number of methoxy groups -OCH3 is 1. The van der Waals surface area contributed by atoms with E-state index in [9.17, 15) is 14.0 Å². The molecule has 2 amide bonds. The summed E-state index contributed by atoms with van der Waals surface area (Å²) in [5, 5.41) is 3.08. The maximum atomic E-state index is 13.2. The number of benzene rings is 3. The van der Waals surface area contributed by atoms with Crippen molar-refractivity contribution >= 4 is 51.7 Å². The van der Waals surface area contributed by atoms with Crippen LogP contribution in [0.3, 0.4) is 0 Å². The van der Waals surface area contributed by atoms with E-state index >= 15 is 0 Å². The zero-order valence-corrected chi connectivity index (χ0v) is 19.8. The van der Waals surface area contributed by atoms with Gasteiger partial charge in [-0.2, -0.15) is 0 Å². The lowest BCUT2D eigenvalue weighted by atomic mass is 10.2. The second kappa shape index (κ2) is 10.7. The smallest absolute Gasteiger partial charge is 0.238 e. The predicted octanol–water partition coefficient (Wildman–Crippen LogP) is 5.65. The highest BCUT2D eigenvalue weighted by Crippen LogP contribution is 2.31. The SMILES string of the molecule is COc1ccc(N=C2SC(C(=O)Nc3ccc(F)cc3)CC(=O)N2Cc2ccc(Cl)cc2)cc1. The number of aliphatic imine (C=N–C) groups is 1. The summed E-state index contributed by atoms with van der Waals surface area (Å²) in [6, 6.07) is 19.8. The number of nitrogens with zero attached hydrogens (tertiary/aromatic N) is 2. The summed E-state index contributed by atoms with van der Waals surface area (Å²) < 4.78 is 18.4. The third kappa shape index (κ3) is 5.95. The van der Waals surface area contributed by atoms with Gasteiger partial charge in [0.15, 0.2) is 5.17 Å². The van der Waals surface area contributed by atoms with Gasteiger partial charge in [-0.1, -0.05) is 35.5 Å². The molecule has 0 saturated carbocycles. The number of carbonyl (C=O) groups is 2. The summed E-state index contributed by atoms with van der Waals surface area (Å²) in [7, 11) is 1.58. The maximum absolute atomic E-state index is 13.2. The highest BCUT2D eigenvalue weighted by atomic mass is 35.5. The van der Waals surface area contributed by atoms with Gasteiger partial charge < -0.3 is 10.1 Å². The van der Waals surface area contributed by atoms with Gasteiger partial charge in [-0.15, -0.1) is 0 Å². The second-order valence-corrected chi connectivity index (χ2v) is 9.11. The van der Waals surface area contributed by atoms with Crippen LogP contribution in [0, 0.1) is 5.82 Å². The maximum Gasteiger partial charge on any atom is 0.238 e. The molecule has 0 radical (unpaired) electrons. The highest BCUT2D eigenvalue weighted by molar-refractivity contribution is 8.15. The summed E-state index contributed by atoms with van der Waals surface area (Å²) in [6.45, 7) is 0.296. The molecule has 34 heavy (non-hydrogen) atoms. The van der Waals surface area contributed by atoms with E-state index in [4.69, 9.17) is 16.3 Å². The van der Waals surface area contributed by atoms with Crippen LogP contribution in [0.25, 0.3) is 0 Å². The molecule has 1 unspecified atom stereocenters. The van der Waals surface area contributed by atoms with Gasteiger partial charge in [0.25, 0.3) is 0 Å². The number of amidine groups is 1. The third-order valence-electron chi connectivity index (χ3n) is 5.09. The average molecular weight is 498 g/mol. The second-order valence-electron chi connectivity index (χ2n) is 7.51. The largest absolute Gasteiger partial charge is 0.497 e. The Morgan fingerprint density at radius 2 is 1.79 bits per heavy atom. The molecular formula is C25H21ClFN3O3S. The van der Waals surface area contributed by atoms with Crippen LogP contribution in [0.15, 0.2) is 77.8 Å². The number of rotatable bonds is 6. The molecule has 174 valence electrons. The molecule has 0 aromatic heterocycles. The minimum Gasteiger partial charge on any atom is -0.497 e. The number of nitrogens with one attached hydrogen (secondary N) is 1. The first-order chi connectivity index (χ1) is 16.4. The van der Waals surface area contributed by atoms with Gasteiger partial charge in [0.2, 0.25) is 11.8 Å². The van der Waals surface area contributed by atoms with Crippen molar-refractivity contribution in [2.75, 3.05) is 12.4 Å². The Balaban J connectivity index is 1.59. The normalized spacial score (nSPS) is 17.0. The molecule has 6 nitrogen and oxygen atoms in total. The molecule has 1 saturated heterocycles. The van der Waals surface area contributed by atoms with Crippen LogP contribution in [0.4, 0.5) is 15.8 Å². The zero-order chi connectivity index (χ0) is 24.1. The molecule has 3 aromatic rings. The van der Waals surface area contributed by atoms with E-state index in [0.717, 1.165) is 5.56 Å². The summed E-state index contributed by atoms with van der Waals surface area (Å²) in [5.41, 5.74) is 1.96. The van der Waals surface area contributed by atoms with E-state index in [2.05, 4.69) is 10.3 Å². The van der Waals surface area contributed by atoms with Crippen LogP contribution >= 0.6 is 23.4 Å². The Bertz CT molecular complexity index is 1200. The molecule has 0 bridgehead atoms. The van der Waals surface area contributed by atoms with Crippen LogP contribution in [-0.4, -0.2) is 34.2 Å². The number of thioether (sulfide) groups is 1. The number of carbonyl (C=O) groups excluding carboxylic acids is 2. The lowest BCUT2D eigenvalue weighted by Gasteiger charge is -2.32. The van der Waals surface area contributed by atoms with E-state index in [1.54, 1.807) is 48.4 Å². The molecule has 1 aliphatic heterocycles. The number of amides is 2. The fraction of sp³-hybridized carbons (Fsp3) is 0.160. The summed E-state index contributed by atoms with van der Waals surface area (Å²) in [5.74, 6) is -0.281. The van der Waals surface area contributed by atoms with E-state index in [1.165, 1.54) is 36.0 Å². The quantitative estimate of drug-likeness (QED) is 0.478. The molecule has 1 aliphatic rings. The topological polar surface area (TPSA) is 71.0 Å². The van der Waals surface area contributed by atoms with E-state index in [-0.39, 0.29) is 18.2 Å². The number of halogens is 2. The Hall–Kier alpha value is -3.36. The van der Waals surface area contributed by atoms with Crippen molar-refractivity contribution in [3.05, 3.63) is 89.2 Å².